The van der Waals surface area contributed by atoms with E-state index >= 15 is 0 Å². The smallest absolute Gasteiger partial charge is 0.156 e. The fourth-order valence-corrected chi connectivity index (χ4v) is 8.02. The molecule has 0 aromatic carbocycles. The van der Waals surface area contributed by atoms with Crippen molar-refractivity contribution in [3.8, 4) is 0 Å². The largest absolute Gasteiger partial charge is 0.295 e. The zero-order valence-electron chi connectivity index (χ0n) is 19.0. The molecule has 0 heterocycles. The third-order valence-electron chi connectivity index (χ3n) is 9.72. The number of hydrogen-bond donors (Lipinski definition) is 0. The van der Waals surface area contributed by atoms with Crippen molar-refractivity contribution in [1.29, 1.82) is 0 Å². The lowest BCUT2D eigenvalue weighted by Gasteiger charge is -2.56. The van der Waals surface area contributed by atoms with Gasteiger partial charge < -0.3 is 0 Å². The maximum Gasteiger partial charge on any atom is 0.156 e. The lowest BCUT2D eigenvalue weighted by Crippen LogP contribution is -2.49. The number of allylic oxidation sites excluding steroid dienone is 4. The van der Waals surface area contributed by atoms with Crippen molar-refractivity contribution in [3.63, 3.8) is 0 Å². The van der Waals surface area contributed by atoms with Crippen molar-refractivity contribution in [2.75, 3.05) is 0 Å². The molecule has 1 heteroatoms. The molecule has 0 N–H and O–H groups in total. The summed E-state index contributed by atoms with van der Waals surface area (Å²) >= 11 is 0. The summed E-state index contributed by atoms with van der Waals surface area (Å²) in [6.45, 7) is 12.4. The molecule has 0 bridgehead atoms. The van der Waals surface area contributed by atoms with Gasteiger partial charge in [-0.05, 0) is 90.1 Å². The molecular weight excluding hydrogens is 340 g/mol. The Morgan fingerprint density at radius 1 is 1.04 bits per heavy atom. The number of fused-ring (bicyclic) bond motifs is 5. The van der Waals surface area contributed by atoms with Crippen LogP contribution in [0, 0.1) is 46.3 Å². The van der Waals surface area contributed by atoms with Crippen molar-refractivity contribution in [3.05, 3.63) is 23.8 Å². The van der Waals surface area contributed by atoms with Crippen LogP contribution in [0.2, 0.25) is 0 Å². The van der Waals surface area contributed by atoms with Gasteiger partial charge in [0.25, 0.3) is 0 Å². The fraction of sp³-hybridized carbons (Fsp3) is 0.815. The molecule has 7 atom stereocenters. The van der Waals surface area contributed by atoms with E-state index in [0.29, 0.717) is 11.2 Å². The van der Waals surface area contributed by atoms with Gasteiger partial charge in [-0.3, -0.25) is 4.79 Å². The van der Waals surface area contributed by atoms with Crippen molar-refractivity contribution < 1.29 is 4.79 Å². The molecule has 3 unspecified atom stereocenters. The van der Waals surface area contributed by atoms with Gasteiger partial charge in [-0.2, -0.15) is 0 Å². The van der Waals surface area contributed by atoms with Crippen LogP contribution in [0.3, 0.4) is 0 Å². The Bertz CT molecular complexity index is 670. The summed E-state index contributed by atoms with van der Waals surface area (Å²) in [4.78, 5) is 12.0. The van der Waals surface area contributed by atoms with Gasteiger partial charge in [0.05, 0.1) is 0 Å². The number of carbonyl (C=O) groups is 1. The molecule has 28 heavy (non-hydrogen) atoms. The maximum absolute atomic E-state index is 12.0. The zero-order valence-corrected chi connectivity index (χ0v) is 19.0. The molecule has 0 saturated heterocycles. The Morgan fingerprint density at radius 3 is 2.57 bits per heavy atom. The molecule has 1 nitrogen and oxygen atoms in total. The second kappa shape index (κ2) is 7.44. The first-order chi connectivity index (χ1) is 13.3. The lowest BCUT2D eigenvalue weighted by atomic mass is 9.48. The van der Waals surface area contributed by atoms with Crippen LogP contribution in [-0.2, 0) is 4.79 Å². The van der Waals surface area contributed by atoms with Crippen LogP contribution in [-0.4, -0.2) is 5.78 Å². The van der Waals surface area contributed by atoms with Gasteiger partial charge in [-0.25, -0.2) is 0 Å². The topological polar surface area (TPSA) is 17.1 Å². The van der Waals surface area contributed by atoms with Gasteiger partial charge in [0, 0.05) is 6.42 Å². The molecule has 2 saturated carbocycles. The molecule has 4 aliphatic carbocycles. The molecule has 0 aromatic heterocycles. The highest BCUT2D eigenvalue weighted by molar-refractivity contribution is 5.92. The molecule has 4 rings (SSSR count). The van der Waals surface area contributed by atoms with Crippen molar-refractivity contribution in [2.24, 2.45) is 46.3 Å². The average Bonchev–Trinajstić information content (AvgIpc) is 2.99. The highest BCUT2D eigenvalue weighted by Gasteiger charge is 2.58. The minimum atomic E-state index is 0.246. The summed E-state index contributed by atoms with van der Waals surface area (Å²) in [5.41, 5.74) is 2.12. The summed E-state index contributed by atoms with van der Waals surface area (Å²) in [6.07, 6.45) is 18.5. The molecular formula is C27H42O. The monoisotopic (exact) mass is 382 g/mol. The van der Waals surface area contributed by atoms with E-state index in [9.17, 15) is 4.79 Å². The molecule has 0 amide bonds. The van der Waals surface area contributed by atoms with Crippen LogP contribution in [0.25, 0.3) is 0 Å². The van der Waals surface area contributed by atoms with Gasteiger partial charge in [0.1, 0.15) is 0 Å². The Morgan fingerprint density at radius 2 is 1.82 bits per heavy atom. The first kappa shape index (κ1) is 20.4. The van der Waals surface area contributed by atoms with E-state index in [2.05, 4.69) is 46.8 Å². The Balaban J connectivity index is 1.53. The van der Waals surface area contributed by atoms with E-state index in [1.807, 2.05) is 6.08 Å². The quantitative estimate of drug-likeness (QED) is 0.485. The second-order valence-electron chi connectivity index (χ2n) is 11.7. The predicted molar refractivity (Wildman–Crippen MR) is 118 cm³/mol. The summed E-state index contributed by atoms with van der Waals surface area (Å²) < 4.78 is 0. The van der Waals surface area contributed by atoms with E-state index in [4.69, 9.17) is 0 Å². The Kier molecular flexibility index (Phi) is 5.43. The minimum Gasteiger partial charge on any atom is -0.295 e. The van der Waals surface area contributed by atoms with Gasteiger partial charge in [-0.15, -0.1) is 0 Å². The standard InChI is InChI=1S/C27H42O/c1-18(2)7-6-8-19(3)23-11-12-24-22-10-9-20-17-21(28)13-15-26(20,4)25(22)14-16-27(23,24)5/h9-10,17-19,22-25H,6-8,11-16H2,1-5H3/t19-,22?,23-,24?,25?,26+,27-/m1/s1. The van der Waals surface area contributed by atoms with E-state index in [1.165, 1.54) is 50.5 Å². The SMILES string of the molecule is CC(C)CCC[C@@H](C)[C@H]1CCC2C3C=CC4=CC(=O)CC[C@]4(C)C3CC[C@@]21C. The number of hydrogen-bond acceptors (Lipinski definition) is 1. The number of ketones is 1. The van der Waals surface area contributed by atoms with E-state index in [1.54, 1.807) is 0 Å². The molecule has 156 valence electrons. The maximum atomic E-state index is 12.0. The van der Waals surface area contributed by atoms with Gasteiger partial charge in [-0.1, -0.05) is 66.0 Å². The van der Waals surface area contributed by atoms with Gasteiger partial charge in [0.2, 0.25) is 0 Å². The molecule has 0 spiro atoms. The normalized spacial score (nSPS) is 43.4. The zero-order chi connectivity index (χ0) is 20.1. The van der Waals surface area contributed by atoms with Crippen LogP contribution < -0.4 is 0 Å². The molecule has 2 fully saturated rings. The van der Waals surface area contributed by atoms with Crippen LogP contribution >= 0.6 is 0 Å². The van der Waals surface area contributed by atoms with Crippen LogP contribution in [0.4, 0.5) is 0 Å². The summed E-state index contributed by atoms with van der Waals surface area (Å²) in [7, 11) is 0. The van der Waals surface area contributed by atoms with Gasteiger partial charge in [0.15, 0.2) is 5.78 Å². The van der Waals surface area contributed by atoms with Crippen molar-refractivity contribution >= 4 is 5.78 Å². The Hall–Kier alpha value is -0.850. The van der Waals surface area contributed by atoms with Crippen LogP contribution in [0.15, 0.2) is 23.8 Å². The number of rotatable bonds is 5. The lowest BCUT2D eigenvalue weighted by molar-refractivity contribution is -0.116. The van der Waals surface area contributed by atoms with Crippen LogP contribution in [0.5, 0.6) is 0 Å². The fourth-order valence-electron chi connectivity index (χ4n) is 8.02. The molecule has 0 radical (unpaired) electrons. The molecule has 4 aliphatic rings. The van der Waals surface area contributed by atoms with Crippen molar-refractivity contribution in [2.45, 2.75) is 92.4 Å². The summed E-state index contributed by atoms with van der Waals surface area (Å²) in [5, 5.41) is 0. The first-order valence-electron chi connectivity index (χ1n) is 12.2. The first-order valence-corrected chi connectivity index (χ1v) is 12.2. The summed E-state index contributed by atoms with van der Waals surface area (Å²) in [6, 6.07) is 0. The second-order valence-corrected chi connectivity index (χ2v) is 11.7. The van der Waals surface area contributed by atoms with Gasteiger partial charge >= 0.3 is 0 Å². The van der Waals surface area contributed by atoms with Crippen LogP contribution in [0.1, 0.15) is 92.4 Å². The third kappa shape index (κ3) is 3.25. The highest BCUT2D eigenvalue weighted by atomic mass is 16.1. The molecule has 0 aromatic rings. The summed E-state index contributed by atoms with van der Waals surface area (Å²) in [5.74, 6) is 5.32. The minimum absolute atomic E-state index is 0.246. The van der Waals surface area contributed by atoms with E-state index < -0.39 is 0 Å². The highest BCUT2D eigenvalue weighted by Crippen LogP contribution is 2.66. The van der Waals surface area contributed by atoms with Crippen molar-refractivity contribution in [1.82, 2.24) is 0 Å². The predicted octanol–water partition coefficient (Wildman–Crippen LogP) is 7.37. The van der Waals surface area contributed by atoms with E-state index in [0.717, 1.165) is 48.3 Å². The Labute approximate surface area is 173 Å². The number of carbonyl (C=O) groups excluding carboxylic acids is 1. The third-order valence-corrected chi connectivity index (χ3v) is 9.72. The molecule has 0 aliphatic heterocycles. The van der Waals surface area contributed by atoms with E-state index in [-0.39, 0.29) is 5.41 Å². The average molecular weight is 383 g/mol.